The average molecular weight is 452 g/mol. The number of benzene rings is 1. The van der Waals surface area contributed by atoms with Gasteiger partial charge in [-0.15, -0.1) is 12.6 Å². The number of nitrogens with one attached hydrogen (secondary N) is 2. The number of aryl methyl sites for hydroxylation is 1. The number of carbonyl (C=O) groups is 5. The molecule has 2 aromatic rings. The van der Waals surface area contributed by atoms with Gasteiger partial charge in [0.15, 0.2) is 0 Å². The summed E-state index contributed by atoms with van der Waals surface area (Å²) < 4.78 is 0. The van der Waals surface area contributed by atoms with Crippen molar-refractivity contribution >= 4 is 42.2 Å². The first-order chi connectivity index (χ1) is 15.1. The van der Waals surface area contributed by atoms with E-state index in [1.807, 2.05) is 6.92 Å². The Bertz CT molecular complexity index is 1210. The summed E-state index contributed by atoms with van der Waals surface area (Å²) in [5.41, 5.74) is 0.535. The number of fused-ring (bicyclic) bond motifs is 1. The van der Waals surface area contributed by atoms with Gasteiger partial charge in [0.25, 0.3) is 23.6 Å². The van der Waals surface area contributed by atoms with E-state index in [1.54, 1.807) is 18.3 Å². The molecule has 1 aromatic carbocycles. The Kier molecular flexibility index (Phi) is 5.33. The highest BCUT2D eigenvalue weighted by Gasteiger charge is 2.52. The van der Waals surface area contributed by atoms with Gasteiger partial charge in [-0.05, 0) is 49.6 Å². The zero-order valence-electron chi connectivity index (χ0n) is 17.4. The first-order valence-electron chi connectivity index (χ1n) is 9.92. The zero-order chi connectivity index (χ0) is 23.2. The summed E-state index contributed by atoms with van der Waals surface area (Å²) in [4.78, 5) is 67.8. The molecule has 9 nitrogen and oxygen atoms in total. The molecule has 2 N–H and O–H groups in total. The van der Waals surface area contributed by atoms with Gasteiger partial charge in [-0.1, -0.05) is 6.07 Å². The van der Waals surface area contributed by atoms with E-state index in [0.717, 1.165) is 10.5 Å². The smallest absolute Gasteiger partial charge is 0.271 e. The second-order valence-electron chi connectivity index (χ2n) is 8.04. The van der Waals surface area contributed by atoms with Gasteiger partial charge < -0.3 is 5.32 Å². The Labute approximate surface area is 189 Å². The lowest BCUT2D eigenvalue weighted by Gasteiger charge is -2.38. The summed E-state index contributed by atoms with van der Waals surface area (Å²) in [6.07, 6.45) is 1.66. The first-order valence-corrected chi connectivity index (χ1v) is 10.4. The molecule has 32 heavy (non-hydrogen) atoms. The zero-order valence-corrected chi connectivity index (χ0v) is 18.3. The van der Waals surface area contributed by atoms with Gasteiger partial charge in [-0.3, -0.25) is 34.2 Å². The summed E-state index contributed by atoms with van der Waals surface area (Å²) in [7, 11) is 0. The SMILES string of the molecule is Cc1cnc(C(=O)NCc2ccc3c(c2)C(=O)N(C2(C)CCC(=O)NC2=O)C3=O)c(S)c1. The second-order valence-corrected chi connectivity index (χ2v) is 8.52. The lowest BCUT2D eigenvalue weighted by atomic mass is 9.89. The van der Waals surface area contributed by atoms with E-state index >= 15 is 0 Å². The molecule has 1 aromatic heterocycles. The third-order valence-corrected chi connectivity index (χ3v) is 6.04. The van der Waals surface area contributed by atoms with Crippen molar-refractivity contribution in [2.75, 3.05) is 0 Å². The summed E-state index contributed by atoms with van der Waals surface area (Å²) >= 11 is 4.28. The van der Waals surface area contributed by atoms with Crippen LogP contribution in [0.3, 0.4) is 0 Å². The third kappa shape index (κ3) is 3.56. The molecular formula is C22H20N4O5S. The fourth-order valence-corrected chi connectivity index (χ4v) is 4.21. The number of hydrogen-bond acceptors (Lipinski definition) is 7. The standard InChI is InChI=1S/C22H20N4O5S/c1-11-7-15(32)17(23-9-11)18(28)24-10-12-3-4-13-14(8-12)20(30)26(19(13)29)22(2)6-5-16(27)25-21(22)31/h3-4,7-9,32H,5-6,10H2,1-2H3,(H,24,28)(H,25,27,31). The van der Waals surface area contributed by atoms with Crippen molar-refractivity contribution in [2.45, 2.75) is 43.7 Å². The lowest BCUT2D eigenvalue weighted by molar-refractivity contribution is -0.140. The Morgan fingerprint density at radius 2 is 1.91 bits per heavy atom. The Morgan fingerprint density at radius 1 is 1.19 bits per heavy atom. The van der Waals surface area contributed by atoms with E-state index in [0.29, 0.717) is 10.5 Å². The largest absolute Gasteiger partial charge is 0.347 e. The molecule has 4 rings (SSSR count). The minimum Gasteiger partial charge on any atom is -0.347 e. The normalized spacial score (nSPS) is 20.3. The first kappa shape index (κ1) is 21.7. The second kappa shape index (κ2) is 7.86. The van der Waals surface area contributed by atoms with Crippen LogP contribution in [0.1, 0.15) is 62.1 Å². The fourth-order valence-electron chi connectivity index (χ4n) is 3.85. The van der Waals surface area contributed by atoms with E-state index in [9.17, 15) is 24.0 Å². The van der Waals surface area contributed by atoms with Gasteiger partial charge in [-0.2, -0.15) is 0 Å². The number of piperidine rings is 1. The Hall–Kier alpha value is -3.53. The van der Waals surface area contributed by atoms with Crippen LogP contribution in [0.2, 0.25) is 0 Å². The topological polar surface area (TPSA) is 126 Å². The van der Waals surface area contributed by atoms with Crippen LogP contribution in [0.5, 0.6) is 0 Å². The van der Waals surface area contributed by atoms with Crippen LogP contribution in [0.25, 0.3) is 0 Å². The highest BCUT2D eigenvalue weighted by atomic mass is 32.1. The van der Waals surface area contributed by atoms with Crippen LogP contribution >= 0.6 is 12.6 Å². The lowest BCUT2D eigenvalue weighted by Crippen LogP contribution is -2.62. The predicted octanol–water partition coefficient (Wildman–Crippen LogP) is 1.40. The number of rotatable bonds is 4. The van der Waals surface area contributed by atoms with Crippen LogP contribution in [0.15, 0.2) is 35.4 Å². The van der Waals surface area contributed by atoms with Crippen LogP contribution in [-0.2, 0) is 16.1 Å². The number of pyridine rings is 1. The number of carbonyl (C=O) groups excluding carboxylic acids is 5. The maximum atomic E-state index is 13.1. The quantitative estimate of drug-likeness (QED) is 0.476. The number of hydrogen-bond donors (Lipinski definition) is 3. The van der Waals surface area contributed by atoms with E-state index in [-0.39, 0.29) is 36.2 Å². The molecule has 2 aliphatic heterocycles. The maximum Gasteiger partial charge on any atom is 0.271 e. The Morgan fingerprint density at radius 3 is 2.59 bits per heavy atom. The van der Waals surface area contributed by atoms with Gasteiger partial charge in [0, 0.05) is 24.1 Å². The van der Waals surface area contributed by atoms with Crippen molar-refractivity contribution < 1.29 is 24.0 Å². The van der Waals surface area contributed by atoms with Crippen molar-refractivity contribution in [3.8, 4) is 0 Å². The average Bonchev–Trinajstić information content (AvgIpc) is 2.99. The van der Waals surface area contributed by atoms with Gasteiger partial charge in [0.05, 0.1) is 11.1 Å². The molecule has 2 aliphatic rings. The van der Waals surface area contributed by atoms with Crippen LogP contribution < -0.4 is 10.6 Å². The summed E-state index contributed by atoms with van der Waals surface area (Å²) in [5, 5.41) is 4.92. The molecule has 0 aliphatic carbocycles. The molecule has 0 saturated carbocycles. The highest BCUT2D eigenvalue weighted by Crippen LogP contribution is 2.34. The molecule has 0 spiro atoms. The molecule has 10 heteroatoms. The number of nitrogens with zero attached hydrogens (tertiary/aromatic N) is 2. The van der Waals surface area contributed by atoms with Gasteiger partial charge >= 0.3 is 0 Å². The molecular weight excluding hydrogens is 432 g/mol. The van der Waals surface area contributed by atoms with Crippen LogP contribution in [-0.4, -0.2) is 45.0 Å². The van der Waals surface area contributed by atoms with Crippen molar-refractivity contribution in [3.63, 3.8) is 0 Å². The van der Waals surface area contributed by atoms with Crippen molar-refractivity contribution in [1.29, 1.82) is 0 Å². The van der Waals surface area contributed by atoms with Gasteiger partial charge in [-0.25, -0.2) is 4.98 Å². The highest BCUT2D eigenvalue weighted by molar-refractivity contribution is 7.80. The molecule has 164 valence electrons. The van der Waals surface area contributed by atoms with Crippen molar-refractivity contribution in [3.05, 3.63) is 58.4 Å². The van der Waals surface area contributed by atoms with E-state index in [2.05, 4.69) is 28.2 Å². The third-order valence-electron chi connectivity index (χ3n) is 5.70. The molecule has 5 amide bonds. The molecule has 3 heterocycles. The van der Waals surface area contributed by atoms with Crippen molar-refractivity contribution in [2.24, 2.45) is 0 Å². The molecule has 0 radical (unpaired) electrons. The number of amides is 5. The minimum absolute atomic E-state index is 0.0348. The minimum atomic E-state index is -1.45. The number of aromatic nitrogens is 1. The molecule has 1 saturated heterocycles. The van der Waals surface area contributed by atoms with E-state index < -0.39 is 35.1 Å². The fraction of sp³-hybridized carbons (Fsp3) is 0.273. The summed E-state index contributed by atoms with van der Waals surface area (Å²) in [6, 6.07) is 6.38. The van der Waals surface area contributed by atoms with E-state index in [1.165, 1.54) is 19.1 Å². The van der Waals surface area contributed by atoms with Crippen LogP contribution in [0.4, 0.5) is 0 Å². The van der Waals surface area contributed by atoms with Crippen LogP contribution in [0, 0.1) is 6.92 Å². The van der Waals surface area contributed by atoms with Crippen molar-refractivity contribution in [1.82, 2.24) is 20.5 Å². The van der Waals surface area contributed by atoms with E-state index in [4.69, 9.17) is 0 Å². The predicted molar refractivity (Wildman–Crippen MR) is 115 cm³/mol. The maximum absolute atomic E-state index is 13.1. The number of thiol groups is 1. The molecule has 0 bridgehead atoms. The monoisotopic (exact) mass is 452 g/mol. The Balaban J connectivity index is 1.53. The molecule has 1 fully saturated rings. The number of imide groups is 2. The summed E-state index contributed by atoms with van der Waals surface area (Å²) in [5.74, 6) is -2.73. The molecule has 1 unspecified atom stereocenters. The molecule has 1 atom stereocenters. The van der Waals surface area contributed by atoms with Gasteiger partial charge in [0.1, 0.15) is 11.2 Å². The van der Waals surface area contributed by atoms with Gasteiger partial charge in [0.2, 0.25) is 5.91 Å². The summed E-state index contributed by atoms with van der Waals surface area (Å²) in [6.45, 7) is 3.42.